The summed E-state index contributed by atoms with van der Waals surface area (Å²) in [6, 6.07) is 15.0. The molecule has 1 saturated carbocycles. The molecule has 0 bridgehead atoms. The van der Waals surface area contributed by atoms with Gasteiger partial charge in [0, 0.05) is 43.3 Å². The lowest BCUT2D eigenvalue weighted by atomic mass is 10.0. The third kappa shape index (κ3) is 8.81. The van der Waals surface area contributed by atoms with Crippen molar-refractivity contribution in [3.8, 4) is 11.4 Å². The highest BCUT2D eigenvalue weighted by molar-refractivity contribution is 7.92. The monoisotopic (exact) mass is 669 g/mol. The van der Waals surface area contributed by atoms with E-state index in [0.29, 0.717) is 49.6 Å². The summed E-state index contributed by atoms with van der Waals surface area (Å²) < 4.78 is 37.8. The number of aromatic nitrogens is 5. The lowest BCUT2D eigenvalue weighted by Crippen LogP contribution is -2.36. The Labute approximate surface area is 273 Å². The van der Waals surface area contributed by atoms with E-state index in [2.05, 4.69) is 25.4 Å². The molecule has 1 aliphatic carbocycles. The molecule has 2 aromatic carbocycles. The van der Waals surface area contributed by atoms with Crippen molar-refractivity contribution in [1.29, 1.82) is 0 Å². The molecular formula is C32H43N7O7S. The van der Waals surface area contributed by atoms with Crippen LogP contribution < -0.4 is 20.5 Å². The molecule has 2 aromatic heterocycles. The molecule has 1 fully saturated rings. The number of rotatable bonds is 13. The number of aryl methyl sites for hydroxylation is 2. The number of pyridine rings is 1. The number of benzene rings is 2. The second kappa shape index (κ2) is 16.1. The Kier molecular flexibility index (Phi) is 12.2. The molecule has 14 nitrogen and oxygen atoms in total. The van der Waals surface area contributed by atoms with E-state index in [-0.39, 0.29) is 27.6 Å². The Balaban J connectivity index is 0.00000250. The van der Waals surface area contributed by atoms with Crippen LogP contribution in [0.1, 0.15) is 62.2 Å². The van der Waals surface area contributed by atoms with Crippen molar-refractivity contribution < 1.29 is 29.2 Å². The molecule has 3 heterocycles. The predicted octanol–water partition coefficient (Wildman–Crippen LogP) is 1.96. The molecule has 0 radical (unpaired) electrons. The molecule has 2 atom stereocenters. The molecule has 0 spiro atoms. The third-order valence-electron chi connectivity index (χ3n) is 8.61. The summed E-state index contributed by atoms with van der Waals surface area (Å²) in [6.07, 6.45) is 11.1. The van der Waals surface area contributed by atoms with E-state index in [9.17, 15) is 18.3 Å². The van der Waals surface area contributed by atoms with Gasteiger partial charge in [0.15, 0.2) is 0 Å². The Morgan fingerprint density at radius 3 is 2.55 bits per heavy atom. The molecule has 6 rings (SSSR count). The van der Waals surface area contributed by atoms with Gasteiger partial charge in [0.25, 0.3) is 10.0 Å². The largest absolute Gasteiger partial charge is 0.489 e. The molecule has 47 heavy (non-hydrogen) atoms. The number of ether oxygens (including phenoxy) is 1. The van der Waals surface area contributed by atoms with E-state index in [4.69, 9.17) is 4.74 Å². The normalized spacial score (nSPS) is 16.7. The van der Waals surface area contributed by atoms with Crippen LogP contribution in [0.2, 0.25) is 0 Å². The lowest BCUT2D eigenvalue weighted by Gasteiger charge is -2.27. The number of aliphatic hydroxyl groups is 1. The predicted molar refractivity (Wildman–Crippen MR) is 176 cm³/mol. The number of nitrogens with one attached hydrogen (secondary N) is 2. The van der Waals surface area contributed by atoms with Gasteiger partial charge >= 0.3 is 5.69 Å². The van der Waals surface area contributed by atoms with Crippen molar-refractivity contribution in [2.75, 3.05) is 17.8 Å². The van der Waals surface area contributed by atoms with Gasteiger partial charge in [-0.25, -0.2) is 13.2 Å². The number of anilines is 1. The standard InChI is InChI=1S/C32H39N7O5S.2H2O/c40-30(25-8-3-17-33-20-25)22-34-21-28-14-9-24-19-29(15-16-31(24)44-28)45(42,43)35-26-10-12-27(13-11-26)39-32(41)38(36-37-39)18-4-7-23-5-1-2-6-23;;/h3,8,10-13,15-17,19-20,23,28,30,34-35,40H,1-2,4-7,9,14,18,21-22H2;2*1H2/t28?,30-;;/m0../s1. The van der Waals surface area contributed by atoms with Crippen molar-refractivity contribution in [2.24, 2.45) is 5.92 Å². The molecule has 1 unspecified atom stereocenters. The molecule has 1 aliphatic heterocycles. The summed E-state index contributed by atoms with van der Waals surface area (Å²) in [5.41, 5.74) is 2.13. The van der Waals surface area contributed by atoms with Crippen LogP contribution in [-0.4, -0.2) is 68.4 Å². The van der Waals surface area contributed by atoms with Crippen LogP contribution in [0.15, 0.2) is 76.7 Å². The zero-order valence-electron chi connectivity index (χ0n) is 26.1. The number of fused-ring (bicyclic) bond motifs is 1. The maximum Gasteiger partial charge on any atom is 0.368 e. The van der Waals surface area contributed by atoms with Gasteiger partial charge < -0.3 is 26.1 Å². The van der Waals surface area contributed by atoms with Crippen LogP contribution in [0.25, 0.3) is 5.69 Å². The molecule has 15 heteroatoms. The summed E-state index contributed by atoms with van der Waals surface area (Å²) in [5.74, 6) is 1.41. The van der Waals surface area contributed by atoms with Gasteiger partial charge in [-0.15, -0.1) is 0 Å². The maximum atomic E-state index is 13.2. The van der Waals surface area contributed by atoms with Crippen molar-refractivity contribution >= 4 is 15.7 Å². The highest BCUT2D eigenvalue weighted by Gasteiger charge is 2.23. The number of tetrazole rings is 1. The van der Waals surface area contributed by atoms with Crippen molar-refractivity contribution in [3.63, 3.8) is 0 Å². The number of hydrogen-bond donors (Lipinski definition) is 3. The summed E-state index contributed by atoms with van der Waals surface area (Å²) in [5, 5.41) is 21.6. The summed E-state index contributed by atoms with van der Waals surface area (Å²) in [6.45, 7) is 1.46. The fourth-order valence-electron chi connectivity index (χ4n) is 6.09. The zero-order chi connectivity index (χ0) is 31.2. The van der Waals surface area contributed by atoms with Gasteiger partial charge in [0.1, 0.15) is 11.9 Å². The zero-order valence-corrected chi connectivity index (χ0v) is 26.9. The highest BCUT2D eigenvalue weighted by Crippen LogP contribution is 2.31. The van der Waals surface area contributed by atoms with Crippen molar-refractivity contribution in [3.05, 3.63) is 88.6 Å². The Morgan fingerprint density at radius 2 is 1.81 bits per heavy atom. The van der Waals surface area contributed by atoms with E-state index in [1.807, 2.05) is 6.07 Å². The van der Waals surface area contributed by atoms with Gasteiger partial charge in [0.2, 0.25) is 0 Å². The summed E-state index contributed by atoms with van der Waals surface area (Å²) in [7, 11) is -3.86. The van der Waals surface area contributed by atoms with Crippen LogP contribution >= 0.6 is 0 Å². The lowest BCUT2D eigenvalue weighted by molar-refractivity contribution is 0.146. The van der Waals surface area contributed by atoms with Crippen molar-refractivity contribution in [2.45, 2.75) is 75.0 Å². The minimum absolute atomic E-state index is 0. The molecule has 2 aliphatic rings. The van der Waals surface area contributed by atoms with E-state index < -0.39 is 16.1 Å². The van der Waals surface area contributed by atoms with E-state index in [1.165, 1.54) is 41.1 Å². The highest BCUT2D eigenvalue weighted by atomic mass is 32.2. The van der Waals surface area contributed by atoms with Gasteiger partial charge in [-0.05, 0) is 96.1 Å². The van der Waals surface area contributed by atoms with Gasteiger partial charge in [-0.3, -0.25) is 9.71 Å². The van der Waals surface area contributed by atoms with Crippen LogP contribution in [0.4, 0.5) is 5.69 Å². The number of hydrogen-bond acceptors (Lipinski definition) is 9. The topological polar surface area (TPSA) is 216 Å². The third-order valence-corrected chi connectivity index (χ3v) is 9.99. The summed E-state index contributed by atoms with van der Waals surface area (Å²) >= 11 is 0. The SMILES string of the molecule is O.O.O=c1n(CCCC2CCCC2)nnn1-c1ccc(NS(=O)(=O)c2ccc3c(c2)CCC(CNC[C@H](O)c2cccnc2)O3)cc1. The fourth-order valence-corrected chi connectivity index (χ4v) is 7.20. The second-order valence-corrected chi connectivity index (χ2v) is 13.5. The first kappa shape index (κ1) is 35.7. The smallest absolute Gasteiger partial charge is 0.368 e. The minimum atomic E-state index is -3.86. The first-order valence-corrected chi connectivity index (χ1v) is 17.1. The molecule has 7 N–H and O–H groups in total. The Hall–Kier alpha value is -4.15. The minimum Gasteiger partial charge on any atom is -0.489 e. The van der Waals surface area contributed by atoms with Crippen LogP contribution in [0.3, 0.4) is 0 Å². The maximum absolute atomic E-state index is 13.2. The van der Waals surface area contributed by atoms with E-state index in [0.717, 1.165) is 29.9 Å². The fraction of sp³-hybridized carbons (Fsp3) is 0.438. The first-order valence-electron chi connectivity index (χ1n) is 15.6. The summed E-state index contributed by atoms with van der Waals surface area (Å²) in [4.78, 5) is 17.0. The quantitative estimate of drug-likeness (QED) is 0.189. The van der Waals surface area contributed by atoms with Gasteiger partial charge in [-0.2, -0.15) is 9.36 Å². The number of aliphatic hydroxyl groups excluding tert-OH is 1. The van der Waals surface area contributed by atoms with Crippen LogP contribution in [-0.2, 0) is 23.0 Å². The van der Waals surface area contributed by atoms with Crippen LogP contribution in [0, 0.1) is 5.92 Å². The molecular weight excluding hydrogens is 626 g/mol. The van der Waals surface area contributed by atoms with E-state index in [1.54, 1.807) is 54.9 Å². The molecule has 254 valence electrons. The Morgan fingerprint density at radius 1 is 1.02 bits per heavy atom. The molecule has 4 aromatic rings. The average molecular weight is 670 g/mol. The number of nitrogens with zero attached hydrogens (tertiary/aromatic N) is 5. The van der Waals surface area contributed by atoms with Crippen molar-refractivity contribution in [1.82, 2.24) is 30.1 Å². The van der Waals surface area contributed by atoms with Gasteiger partial charge in [-0.1, -0.05) is 31.7 Å². The van der Waals surface area contributed by atoms with Crippen LogP contribution in [0.5, 0.6) is 5.75 Å². The van der Waals surface area contributed by atoms with E-state index >= 15 is 0 Å². The second-order valence-electron chi connectivity index (χ2n) is 11.8. The average Bonchev–Trinajstić information content (AvgIpc) is 3.71. The molecule has 0 saturated heterocycles. The first-order chi connectivity index (χ1) is 21.9. The molecule has 0 amide bonds. The number of sulfonamides is 1. The Bertz CT molecular complexity index is 1740. The van der Waals surface area contributed by atoms with Gasteiger partial charge in [0.05, 0.1) is 16.7 Å².